The molecule has 14 heavy (non-hydrogen) atoms. The van der Waals surface area contributed by atoms with Crippen molar-refractivity contribution in [3.8, 4) is 0 Å². The van der Waals surface area contributed by atoms with E-state index < -0.39 is 0 Å². The average Bonchev–Trinajstić information content (AvgIpc) is 2.72. The molecule has 2 nitrogen and oxygen atoms in total. The number of nitrogens with zero attached hydrogens (tertiary/aromatic N) is 1. The van der Waals surface area contributed by atoms with E-state index in [1.54, 1.807) is 6.40 Å². The molecule has 1 heterocycles. The monoisotopic (exact) mass is 189 g/mol. The van der Waals surface area contributed by atoms with Gasteiger partial charge < -0.3 is 4.74 Å². The molecule has 2 heteroatoms. The maximum Gasteiger partial charge on any atom is 0.169 e. The lowest BCUT2D eigenvalue weighted by Crippen LogP contribution is -2.06. The van der Waals surface area contributed by atoms with Gasteiger partial charge in [0.05, 0.1) is 6.04 Å². The van der Waals surface area contributed by atoms with Crippen molar-refractivity contribution in [1.82, 2.24) is 0 Å². The van der Waals surface area contributed by atoms with E-state index in [0.29, 0.717) is 6.04 Å². The van der Waals surface area contributed by atoms with E-state index in [2.05, 4.69) is 35.3 Å². The summed E-state index contributed by atoms with van der Waals surface area (Å²) in [4.78, 5) is 4.22. The Balaban J connectivity index is 1.70. The number of ether oxygens (including phenoxy) is 1. The fraction of sp³-hybridized carbons (Fsp3) is 0.417. The first-order valence-corrected chi connectivity index (χ1v) is 5.12. The molecule has 1 unspecified atom stereocenters. The summed E-state index contributed by atoms with van der Waals surface area (Å²) >= 11 is 0. The lowest BCUT2D eigenvalue weighted by Gasteiger charge is -2.04. The van der Waals surface area contributed by atoms with E-state index in [9.17, 15) is 0 Å². The van der Waals surface area contributed by atoms with Crippen LogP contribution in [0.25, 0.3) is 0 Å². The minimum Gasteiger partial charge on any atom is -0.481 e. The largest absolute Gasteiger partial charge is 0.481 e. The molecule has 0 fully saturated rings. The minimum atomic E-state index is 0.402. The molecule has 1 aliphatic heterocycles. The molecule has 2 rings (SSSR count). The first-order valence-electron chi connectivity index (χ1n) is 5.12. The summed E-state index contributed by atoms with van der Waals surface area (Å²) < 4.78 is 5.07. The van der Waals surface area contributed by atoms with E-state index in [1.807, 2.05) is 0 Å². The topological polar surface area (TPSA) is 21.6 Å². The van der Waals surface area contributed by atoms with E-state index in [-0.39, 0.29) is 0 Å². The van der Waals surface area contributed by atoms with E-state index in [0.717, 1.165) is 19.4 Å². The van der Waals surface area contributed by atoms with Crippen molar-refractivity contribution >= 4 is 6.40 Å². The zero-order valence-electron chi connectivity index (χ0n) is 8.23. The van der Waals surface area contributed by atoms with Crippen molar-refractivity contribution in [3.63, 3.8) is 0 Å². The molecule has 0 spiro atoms. The van der Waals surface area contributed by atoms with Crippen LogP contribution < -0.4 is 0 Å². The normalized spacial score (nSPS) is 19.6. The molecule has 1 atom stereocenters. The molecule has 0 aromatic heterocycles. The zero-order chi connectivity index (χ0) is 9.64. The Labute approximate surface area is 84.6 Å². The molecule has 0 aliphatic carbocycles. The van der Waals surface area contributed by atoms with Crippen LogP contribution in [0, 0.1) is 0 Å². The number of benzene rings is 1. The predicted molar refractivity (Wildman–Crippen MR) is 57.6 cm³/mol. The molecule has 1 aromatic carbocycles. The minimum absolute atomic E-state index is 0.402. The van der Waals surface area contributed by atoms with Crippen molar-refractivity contribution < 1.29 is 4.74 Å². The molecule has 0 bridgehead atoms. The Kier molecular flexibility index (Phi) is 3.17. The van der Waals surface area contributed by atoms with Crippen LogP contribution in [0.2, 0.25) is 0 Å². The smallest absolute Gasteiger partial charge is 0.169 e. The molecule has 1 aliphatic rings. The number of hydrogen-bond acceptors (Lipinski definition) is 2. The summed E-state index contributed by atoms with van der Waals surface area (Å²) in [5.74, 6) is 0. The highest BCUT2D eigenvalue weighted by atomic mass is 16.5. The van der Waals surface area contributed by atoms with Crippen molar-refractivity contribution in [3.05, 3.63) is 35.9 Å². The average molecular weight is 189 g/mol. The number of aryl methyl sites for hydroxylation is 1. The maximum absolute atomic E-state index is 5.07. The number of aliphatic imine (C=N–C) groups is 1. The quantitative estimate of drug-likeness (QED) is 0.713. The van der Waals surface area contributed by atoms with Gasteiger partial charge in [-0.25, -0.2) is 0 Å². The van der Waals surface area contributed by atoms with Crippen LogP contribution in [-0.4, -0.2) is 19.0 Å². The third kappa shape index (κ3) is 2.59. The lowest BCUT2D eigenvalue weighted by atomic mass is 10.1. The Morgan fingerprint density at radius 2 is 2.14 bits per heavy atom. The summed E-state index contributed by atoms with van der Waals surface area (Å²) in [7, 11) is 0. The van der Waals surface area contributed by atoms with Gasteiger partial charge in [0.1, 0.15) is 6.61 Å². The molecular formula is C12H15NO. The SMILES string of the molecule is C1=NC(CCCc2ccccc2)CO1. The van der Waals surface area contributed by atoms with Crippen LogP contribution in [0.15, 0.2) is 35.3 Å². The second-order valence-electron chi connectivity index (χ2n) is 3.62. The van der Waals surface area contributed by atoms with Crippen LogP contribution in [-0.2, 0) is 11.2 Å². The summed E-state index contributed by atoms with van der Waals surface area (Å²) in [6.45, 7) is 0.773. The Morgan fingerprint density at radius 1 is 1.29 bits per heavy atom. The predicted octanol–water partition coefficient (Wildman–Crippen LogP) is 2.44. The van der Waals surface area contributed by atoms with Crippen LogP contribution in [0.5, 0.6) is 0 Å². The van der Waals surface area contributed by atoms with Gasteiger partial charge in [-0.05, 0) is 24.8 Å². The summed E-state index contributed by atoms with van der Waals surface area (Å²) in [5.41, 5.74) is 1.41. The summed E-state index contributed by atoms with van der Waals surface area (Å²) in [6.07, 6.45) is 5.04. The van der Waals surface area contributed by atoms with Crippen molar-refractivity contribution in [1.29, 1.82) is 0 Å². The van der Waals surface area contributed by atoms with Gasteiger partial charge in [-0.3, -0.25) is 4.99 Å². The number of rotatable bonds is 4. The first-order chi connectivity index (χ1) is 6.95. The molecular weight excluding hydrogens is 174 g/mol. The van der Waals surface area contributed by atoms with E-state index in [1.165, 1.54) is 12.0 Å². The number of hydrogen-bond donors (Lipinski definition) is 0. The maximum atomic E-state index is 5.07. The molecule has 0 N–H and O–H groups in total. The second-order valence-corrected chi connectivity index (χ2v) is 3.62. The third-order valence-corrected chi connectivity index (χ3v) is 2.48. The molecule has 0 radical (unpaired) electrons. The van der Waals surface area contributed by atoms with Gasteiger partial charge in [0.25, 0.3) is 0 Å². The van der Waals surface area contributed by atoms with Gasteiger partial charge in [0.2, 0.25) is 0 Å². The van der Waals surface area contributed by atoms with Gasteiger partial charge in [-0.15, -0.1) is 0 Å². The Bertz CT molecular complexity index is 294. The fourth-order valence-corrected chi connectivity index (χ4v) is 1.67. The molecule has 74 valence electrons. The van der Waals surface area contributed by atoms with Crippen molar-refractivity contribution in [2.75, 3.05) is 6.61 Å². The van der Waals surface area contributed by atoms with Crippen LogP contribution >= 0.6 is 0 Å². The highest BCUT2D eigenvalue weighted by Gasteiger charge is 2.10. The molecule has 0 saturated carbocycles. The van der Waals surface area contributed by atoms with Crippen LogP contribution in [0.4, 0.5) is 0 Å². The summed E-state index contributed by atoms with van der Waals surface area (Å²) in [5, 5.41) is 0. The van der Waals surface area contributed by atoms with Gasteiger partial charge in [0.15, 0.2) is 6.40 Å². The standard InChI is InChI=1S/C12H15NO/c1-2-5-11(6-3-1)7-4-8-12-9-14-10-13-12/h1-3,5-6,10,12H,4,7-9H2. The molecule has 0 amide bonds. The zero-order valence-corrected chi connectivity index (χ0v) is 8.23. The van der Waals surface area contributed by atoms with Gasteiger partial charge in [-0.2, -0.15) is 0 Å². The highest BCUT2D eigenvalue weighted by Crippen LogP contribution is 2.10. The van der Waals surface area contributed by atoms with Crippen LogP contribution in [0.1, 0.15) is 18.4 Å². The van der Waals surface area contributed by atoms with E-state index >= 15 is 0 Å². The van der Waals surface area contributed by atoms with Crippen LogP contribution in [0.3, 0.4) is 0 Å². The van der Waals surface area contributed by atoms with Gasteiger partial charge >= 0.3 is 0 Å². The van der Waals surface area contributed by atoms with Crippen molar-refractivity contribution in [2.45, 2.75) is 25.3 Å². The molecule has 0 saturated heterocycles. The lowest BCUT2D eigenvalue weighted by molar-refractivity contribution is 0.320. The third-order valence-electron chi connectivity index (χ3n) is 2.48. The Hall–Kier alpha value is -1.31. The Morgan fingerprint density at radius 3 is 2.86 bits per heavy atom. The van der Waals surface area contributed by atoms with Gasteiger partial charge in [-0.1, -0.05) is 30.3 Å². The van der Waals surface area contributed by atoms with Crippen molar-refractivity contribution in [2.24, 2.45) is 4.99 Å². The van der Waals surface area contributed by atoms with Gasteiger partial charge in [0, 0.05) is 0 Å². The van der Waals surface area contributed by atoms with E-state index in [4.69, 9.17) is 4.74 Å². The first kappa shape index (κ1) is 9.25. The highest BCUT2D eigenvalue weighted by molar-refractivity contribution is 5.48. The molecule has 1 aromatic rings. The summed E-state index contributed by atoms with van der Waals surface area (Å²) in [6, 6.07) is 11.0. The fourth-order valence-electron chi connectivity index (χ4n) is 1.67. The second kappa shape index (κ2) is 4.80.